The molecule has 60 heavy (non-hydrogen) atoms. The Bertz CT molecular complexity index is 2370. The van der Waals surface area contributed by atoms with E-state index < -0.39 is 16.9 Å². The SMILES string of the molecule is CC1(C)C(NC(=O)c2ccc(N3CCC(CN4CCC(n5ncc6c(N7CCC(=O)NC7=O)cccc65)CC4)CC3)c(F)c2)C(C)(C)C1Oc1ccc(C#N)c2c1CCO2. The van der Waals surface area contributed by atoms with E-state index in [9.17, 15) is 19.6 Å². The van der Waals surface area contributed by atoms with E-state index in [1.54, 1.807) is 23.1 Å². The number of fused-ring (bicyclic) bond motifs is 2. The van der Waals surface area contributed by atoms with Crippen LogP contribution in [0.2, 0.25) is 0 Å². The molecule has 14 heteroatoms. The molecule has 9 rings (SSSR count). The second-order valence-corrected chi connectivity index (χ2v) is 18.4. The molecule has 0 unspecified atom stereocenters. The molecule has 5 aliphatic rings. The molecular weight excluding hydrogens is 764 g/mol. The Balaban J connectivity index is 0.760. The molecule has 0 bridgehead atoms. The van der Waals surface area contributed by atoms with Crippen molar-refractivity contribution in [3.8, 4) is 17.6 Å². The predicted octanol–water partition coefficient (Wildman–Crippen LogP) is 6.59. The lowest BCUT2D eigenvalue weighted by Gasteiger charge is -2.63. The number of ether oxygens (including phenoxy) is 2. The number of likely N-dealkylation sites (tertiary alicyclic amines) is 1. The van der Waals surface area contributed by atoms with Crippen molar-refractivity contribution in [1.82, 2.24) is 25.3 Å². The number of carbonyl (C=O) groups excluding carboxylic acids is 3. The van der Waals surface area contributed by atoms with E-state index in [1.807, 2.05) is 30.5 Å². The van der Waals surface area contributed by atoms with Crippen LogP contribution in [0.1, 0.15) is 87.3 Å². The maximum Gasteiger partial charge on any atom is 0.328 e. The number of aromatic nitrogens is 2. The first-order valence-electron chi connectivity index (χ1n) is 21.3. The van der Waals surface area contributed by atoms with Gasteiger partial charge in [-0.2, -0.15) is 10.4 Å². The Kier molecular flexibility index (Phi) is 10.2. The molecule has 1 saturated carbocycles. The summed E-state index contributed by atoms with van der Waals surface area (Å²) in [6.45, 7) is 13.6. The molecule has 4 fully saturated rings. The van der Waals surface area contributed by atoms with Crippen LogP contribution in [0.25, 0.3) is 10.9 Å². The van der Waals surface area contributed by atoms with Gasteiger partial charge in [-0.25, -0.2) is 9.18 Å². The van der Waals surface area contributed by atoms with Crippen molar-refractivity contribution in [1.29, 1.82) is 5.26 Å². The highest BCUT2D eigenvalue weighted by Gasteiger charge is 2.64. The number of nitrogens with zero attached hydrogens (tertiary/aromatic N) is 6. The van der Waals surface area contributed by atoms with E-state index >= 15 is 4.39 Å². The van der Waals surface area contributed by atoms with Gasteiger partial charge in [-0.15, -0.1) is 0 Å². The molecule has 2 N–H and O–H groups in total. The highest BCUT2D eigenvalue weighted by Crippen LogP contribution is 2.56. The van der Waals surface area contributed by atoms with Gasteiger partial charge in [-0.05, 0) is 74.1 Å². The quantitative estimate of drug-likeness (QED) is 0.191. The van der Waals surface area contributed by atoms with E-state index in [4.69, 9.17) is 14.6 Å². The maximum atomic E-state index is 15.7. The summed E-state index contributed by atoms with van der Waals surface area (Å²) in [6.07, 6.45) is 6.47. The van der Waals surface area contributed by atoms with Crippen molar-refractivity contribution in [2.45, 2.75) is 84.4 Å². The van der Waals surface area contributed by atoms with Gasteiger partial charge in [0.25, 0.3) is 5.91 Å². The first-order chi connectivity index (χ1) is 28.8. The van der Waals surface area contributed by atoms with E-state index in [1.165, 1.54) is 6.07 Å². The summed E-state index contributed by atoms with van der Waals surface area (Å²) < 4.78 is 30.2. The average Bonchev–Trinajstić information content (AvgIpc) is 3.91. The number of rotatable bonds is 9. The van der Waals surface area contributed by atoms with Crippen LogP contribution < -0.4 is 29.9 Å². The molecule has 4 amide bonds. The fourth-order valence-electron chi connectivity index (χ4n) is 11.0. The predicted molar refractivity (Wildman–Crippen MR) is 225 cm³/mol. The van der Waals surface area contributed by atoms with E-state index in [2.05, 4.69) is 58.9 Å². The Morgan fingerprint density at radius 3 is 2.47 bits per heavy atom. The van der Waals surface area contributed by atoms with Gasteiger partial charge in [-0.1, -0.05) is 33.8 Å². The number of hydrogen-bond acceptors (Lipinski definition) is 9. The van der Waals surface area contributed by atoms with Gasteiger partial charge in [0.1, 0.15) is 29.5 Å². The number of piperidine rings is 2. The van der Waals surface area contributed by atoms with Crippen molar-refractivity contribution >= 4 is 40.1 Å². The Morgan fingerprint density at radius 2 is 1.75 bits per heavy atom. The lowest BCUT2D eigenvalue weighted by Crippen LogP contribution is -2.74. The summed E-state index contributed by atoms with van der Waals surface area (Å²) in [4.78, 5) is 44.2. The number of anilines is 2. The molecule has 5 heterocycles. The number of halogens is 1. The molecule has 314 valence electrons. The number of nitriles is 1. The first kappa shape index (κ1) is 39.8. The van der Waals surface area contributed by atoms with Crippen LogP contribution in [-0.4, -0.2) is 90.5 Å². The van der Waals surface area contributed by atoms with Crippen LogP contribution in [0.5, 0.6) is 11.5 Å². The molecule has 13 nitrogen and oxygen atoms in total. The summed E-state index contributed by atoms with van der Waals surface area (Å²) in [6, 6.07) is 16.2. The number of carbonyl (C=O) groups is 3. The van der Waals surface area contributed by atoms with Crippen LogP contribution in [-0.2, 0) is 11.2 Å². The molecule has 1 aliphatic carbocycles. The van der Waals surface area contributed by atoms with Crippen LogP contribution in [0.15, 0.2) is 54.7 Å². The summed E-state index contributed by atoms with van der Waals surface area (Å²) in [5.74, 6) is 0.887. The zero-order chi connectivity index (χ0) is 41.9. The minimum absolute atomic E-state index is 0.216. The number of benzene rings is 3. The van der Waals surface area contributed by atoms with Gasteiger partial charge < -0.3 is 24.6 Å². The Morgan fingerprint density at radius 1 is 0.983 bits per heavy atom. The molecular formula is C46H53FN8O5. The number of imide groups is 1. The molecule has 0 radical (unpaired) electrons. The smallest absolute Gasteiger partial charge is 0.328 e. The van der Waals surface area contributed by atoms with Gasteiger partial charge in [0.15, 0.2) is 0 Å². The van der Waals surface area contributed by atoms with Crippen molar-refractivity contribution in [3.05, 3.63) is 77.2 Å². The van der Waals surface area contributed by atoms with Crippen molar-refractivity contribution < 1.29 is 28.2 Å². The zero-order valence-electron chi connectivity index (χ0n) is 34.8. The standard InChI is InChI=1S/C46H53FN8O5/c1-45(2)42(46(3,4)43(45)60-38-11-9-30(25-48)40-32(38)17-23-59-40)51-41(57)29-8-10-37(34(47)24-29)53-20-12-28(13-21-53)27-52-18-14-31(15-19-52)55-36-7-5-6-35(33(36)26-49-55)54-22-16-39(56)50-44(54)58/h5-11,24,26,28,31,42-43H,12-23,27H2,1-4H3,(H,51,57)(H,50,56,58). The van der Waals surface area contributed by atoms with Crippen LogP contribution in [0.3, 0.4) is 0 Å². The number of urea groups is 1. The lowest BCUT2D eigenvalue weighted by atomic mass is 9.49. The number of amides is 4. The summed E-state index contributed by atoms with van der Waals surface area (Å²) in [5, 5.41) is 20.8. The van der Waals surface area contributed by atoms with Gasteiger partial charge in [0.2, 0.25) is 5.91 Å². The highest BCUT2D eigenvalue weighted by molar-refractivity contribution is 6.09. The van der Waals surface area contributed by atoms with Crippen LogP contribution >= 0.6 is 0 Å². The second kappa shape index (κ2) is 15.4. The Labute approximate surface area is 349 Å². The largest absolute Gasteiger partial charge is 0.491 e. The van der Waals surface area contributed by atoms with Gasteiger partial charge in [-0.3, -0.25) is 24.5 Å². The van der Waals surface area contributed by atoms with E-state index in [0.717, 1.165) is 80.6 Å². The molecule has 3 saturated heterocycles. The molecule has 3 aromatic carbocycles. The minimum atomic E-state index is -0.420. The third-order valence-corrected chi connectivity index (χ3v) is 13.8. The first-order valence-corrected chi connectivity index (χ1v) is 21.3. The second-order valence-electron chi connectivity index (χ2n) is 18.4. The highest BCUT2D eigenvalue weighted by atomic mass is 19.1. The van der Waals surface area contributed by atoms with Crippen LogP contribution in [0.4, 0.5) is 20.6 Å². The molecule has 1 aromatic heterocycles. The minimum Gasteiger partial charge on any atom is -0.491 e. The van der Waals surface area contributed by atoms with Crippen molar-refractivity contribution in [2.75, 3.05) is 55.7 Å². The fraction of sp³-hybridized carbons (Fsp3) is 0.500. The van der Waals surface area contributed by atoms with Gasteiger partial charge in [0.05, 0.1) is 41.3 Å². The normalized spacial score (nSPS) is 23.1. The molecule has 0 atom stereocenters. The third-order valence-electron chi connectivity index (χ3n) is 13.8. The monoisotopic (exact) mass is 816 g/mol. The number of hydrogen-bond donors (Lipinski definition) is 2. The summed E-state index contributed by atoms with van der Waals surface area (Å²) >= 11 is 0. The number of nitrogens with one attached hydrogen (secondary N) is 2. The Hall–Kier alpha value is -5.68. The lowest BCUT2D eigenvalue weighted by molar-refractivity contribution is -0.164. The summed E-state index contributed by atoms with van der Waals surface area (Å²) in [5.41, 5.74) is 3.17. The van der Waals surface area contributed by atoms with E-state index in [0.29, 0.717) is 53.8 Å². The van der Waals surface area contributed by atoms with E-state index in [-0.39, 0.29) is 42.2 Å². The molecule has 4 aromatic rings. The van der Waals surface area contributed by atoms with Gasteiger partial charge in [0, 0.05) is 85.5 Å². The van der Waals surface area contributed by atoms with Gasteiger partial charge >= 0.3 is 6.03 Å². The maximum absolute atomic E-state index is 15.7. The third kappa shape index (κ3) is 7.00. The molecule has 0 spiro atoms. The topological polar surface area (TPSA) is 145 Å². The zero-order valence-corrected chi connectivity index (χ0v) is 34.8. The van der Waals surface area contributed by atoms with Crippen molar-refractivity contribution in [3.63, 3.8) is 0 Å². The fourth-order valence-corrected chi connectivity index (χ4v) is 11.0. The average molecular weight is 817 g/mol. The van der Waals surface area contributed by atoms with Crippen LogP contribution in [0, 0.1) is 33.9 Å². The van der Waals surface area contributed by atoms with Crippen molar-refractivity contribution in [2.24, 2.45) is 16.7 Å². The summed E-state index contributed by atoms with van der Waals surface area (Å²) in [7, 11) is 0. The molecule has 4 aliphatic heterocycles.